The molecule has 1 amide bonds. The van der Waals surface area contributed by atoms with E-state index in [0.29, 0.717) is 24.0 Å². The molecule has 2 fully saturated rings. The van der Waals surface area contributed by atoms with E-state index < -0.39 is 0 Å². The topological polar surface area (TPSA) is 38.3 Å². The van der Waals surface area contributed by atoms with Gasteiger partial charge in [-0.25, -0.2) is 0 Å². The summed E-state index contributed by atoms with van der Waals surface area (Å²) < 4.78 is 5.53. The van der Waals surface area contributed by atoms with Gasteiger partial charge in [0.1, 0.15) is 0 Å². The SMILES string of the molecule is CC1(C)CCC(NC(=O)CCC2CCCO2)C1. The molecule has 0 bridgehead atoms. The van der Waals surface area contributed by atoms with Gasteiger partial charge in [-0.15, -0.1) is 0 Å². The predicted molar refractivity (Wildman–Crippen MR) is 67.8 cm³/mol. The Labute approximate surface area is 104 Å². The molecule has 0 aromatic heterocycles. The molecule has 3 heteroatoms. The molecular weight excluding hydrogens is 214 g/mol. The Kier molecular flexibility index (Phi) is 4.08. The number of hydrogen-bond donors (Lipinski definition) is 1. The van der Waals surface area contributed by atoms with E-state index in [1.54, 1.807) is 0 Å². The molecule has 2 unspecified atom stereocenters. The second kappa shape index (κ2) is 5.38. The van der Waals surface area contributed by atoms with Gasteiger partial charge in [0, 0.05) is 19.1 Å². The summed E-state index contributed by atoms with van der Waals surface area (Å²) in [7, 11) is 0. The van der Waals surface area contributed by atoms with Crippen LogP contribution in [0.2, 0.25) is 0 Å². The maximum absolute atomic E-state index is 11.8. The van der Waals surface area contributed by atoms with Gasteiger partial charge in [-0.3, -0.25) is 4.79 Å². The number of carbonyl (C=O) groups excluding carboxylic acids is 1. The van der Waals surface area contributed by atoms with Crippen molar-refractivity contribution in [1.29, 1.82) is 0 Å². The molecule has 98 valence electrons. The van der Waals surface area contributed by atoms with Crippen LogP contribution >= 0.6 is 0 Å². The lowest BCUT2D eigenvalue weighted by atomic mass is 9.92. The van der Waals surface area contributed by atoms with Crippen LogP contribution < -0.4 is 5.32 Å². The predicted octanol–water partition coefficient (Wildman–Crippen LogP) is 2.64. The molecule has 2 rings (SSSR count). The van der Waals surface area contributed by atoms with Gasteiger partial charge in [0.25, 0.3) is 0 Å². The van der Waals surface area contributed by atoms with Crippen molar-refractivity contribution in [2.24, 2.45) is 5.41 Å². The molecule has 0 spiro atoms. The molecule has 17 heavy (non-hydrogen) atoms. The quantitative estimate of drug-likeness (QED) is 0.819. The van der Waals surface area contributed by atoms with Crippen molar-refractivity contribution in [1.82, 2.24) is 5.32 Å². The lowest BCUT2D eigenvalue weighted by molar-refractivity contribution is -0.122. The maximum Gasteiger partial charge on any atom is 0.220 e. The monoisotopic (exact) mass is 239 g/mol. The summed E-state index contributed by atoms with van der Waals surface area (Å²) in [5.41, 5.74) is 0.409. The third-order valence-corrected chi connectivity index (χ3v) is 4.05. The Bertz CT molecular complexity index is 269. The summed E-state index contributed by atoms with van der Waals surface area (Å²) in [4.78, 5) is 11.8. The van der Waals surface area contributed by atoms with Crippen LogP contribution in [0.25, 0.3) is 0 Å². The van der Waals surface area contributed by atoms with Gasteiger partial charge in [-0.2, -0.15) is 0 Å². The van der Waals surface area contributed by atoms with Gasteiger partial charge in [0.2, 0.25) is 5.91 Å². The molecule has 1 saturated carbocycles. The summed E-state index contributed by atoms with van der Waals surface area (Å²) in [6.45, 7) is 5.44. The number of amides is 1. The summed E-state index contributed by atoms with van der Waals surface area (Å²) >= 11 is 0. The minimum atomic E-state index is 0.211. The zero-order chi connectivity index (χ0) is 12.3. The fraction of sp³-hybridized carbons (Fsp3) is 0.929. The van der Waals surface area contributed by atoms with Crippen molar-refractivity contribution < 1.29 is 9.53 Å². The van der Waals surface area contributed by atoms with Gasteiger partial charge in [0.05, 0.1) is 6.10 Å². The van der Waals surface area contributed by atoms with Crippen LogP contribution in [0.3, 0.4) is 0 Å². The standard InChI is InChI=1S/C14H25NO2/c1-14(2)8-7-11(10-14)15-13(16)6-5-12-4-3-9-17-12/h11-12H,3-10H2,1-2H3,(H,15,16). The van der Waals surface area contributed by atoms with Crippen LogP contribution in [0.1, 0.15) is 58.8 Å². The average molecular weight is 239 g/mol. The minimum absolute atomic E-state index is 0.211. The molecule has 1 heterocycles. The molecule has 2 atom stereocenters. The minimum Gasteiger partial charge on any atom is -0.378 e. The molecule has 0 radical (unpaired) electrons. The fourth-order valence-corrected chi connectivity index (χ4v) is 3.02. The summed E-state index contributed by atoms with van der Waals surface area (Å²) in [6.07, 6.45) is 7.62. The second-order valence-electron chi connectivity index (χ2n) is 6.35. The molecule has 0 aromatic carbocycles. The highest BCUT2D eigenvalue weighted by Gasteiger charge is 2.31. The van der Waals surface area contributed by atoms with Gasteiger partial charge in [0.15, 0.2) is 0 Å². The summed E-state index contributed by atoms with van der Waals surface area (Å²) in [6, 6.07) is 0.405. The lowest BCUT2D eigenvalue weighted by Gasteiger charge is -2.18. The first-order valence-electron chi connectivity index (χ1n) is 6.96. The molecule has 1 N–H and O–H groups in total. The summed E-state index contributed by atoms with van der Waals surface area (Å²) in [5.74, 6) is 0.211. The molecular formula is C14H25NO2. The molecule has 1 saturated heterocycles. The van der Waals surface area contributed by atoms with E-state index in [0.717, 1.165) is 38.7 Å². The van der Waals surface area contributed by atoms with Crippen molar-refractivity contribution in [3.63, 3.8) is 0 Å². The zero-order valence-electron chi connectivity index (χ0n) is 11.1. The first kappa shape index (κ1) is 12.9. The van der Waals surface area contributed by atoms with Gasteiger partial charge >= 0.3 is 0 Å². The zero-order valence-corrected chi connectivity index (χ0v) is 11.1. The number of rotatable bonds is 4. The normalized spacial score (nSPS) is 31.6. The first-order valence-corrected chi connectivity index (χ1v) is 6.96. The Morgan fingerprint density at radius 1 is 1.41 bits per heavy atom. The van der Waals surface area contributed by atoms with Crippen molar-refractivity contribution in [3.05, 3.63) is 0 Å². The number of nitrogens with one attached hydrogen (secondary N) is 1. The van der Waals surface area contributed by atoms with Crippen molar-refractivity contribution in [2.75, 3.05) is 6.61 Å². The summed E-state index contributed by atoms with van der Waals surface area (Å²) in [5, 5.41) is 3.16. The number of ether oxygens (including phenoxy) is 1. The lowest BCUT2D eigenvalue weighted by Crippen LogP contribution is -2.33. The Morgan fingerprint density at radius 2 is 2.24 bits per heavy atom. The van der Waals surface area contributed by atoms with E-state index >= 15 is 0 Å². The molecule has 3 nitrogen and oxygen atoms in total. The number of hydrogen-bond acceptors (Lipinski definition) is 2. The van der Waals surface area contributed by atoms with Gasteiger partial charge < -0.3 is 10.1 Å². The van der Waals surface area contributed by atoms with Gasteiger partial charge in [-0.1, -0.05) is 13.8 Å². The highest BCUT2D eigenvalue weighted by molar-refractivity contribution is 5.76. The van der Waals surface area contributed by atoms with Crippen LogP contribution in [-0.4, -0.2) is 24.7 Å². The van der Waals surface area contributed by atoms with Crippen LogP contribution in [0.4, 0.5) is 0 Å². The Hall–Kier alpha value is -0.570. The highest BCUT2D eigenvalue weighted by atomic mass is 16.5. The highest BCUT2D eigenvalue weighted by Crippen LogP contribution is 2.36. The van der Waals surface area contributed by atoms with E-state index in [9.17, 15) is 4.79 Å². The molecule has 2 aliphatic rings. The van der Waals surface area contributed by atoms with Crippen molar-refractivity contribution in [3.8, 4) is 0 Å². The second-order valence-corrected chi connectivity index (χ2v) is 6.35. The smallest absolute Gasteiger partial charge is 0.220 e. The van der Waals surface area contributed by atoms with E-state index in [2.05, 4.69) is 19.2 Å². The Balaban J connectivity index is 1.64. The molecule has 1 aliphatic carbocycles. The maximum atomic E-state index is 11.8. The van der Waals surface area contributed by atoms with Crippen LogP contribution in [0.5, 0.6) is 0 Å². The van der Waals surface area contributed by atoms with E-state index in [1.165, 1.54) is 6.42 Å². The van der Waals surface area contributed by atoms with Gasteiger partial charge in [-0.05, 0) is 43.9 Å². The third kappa shape index (κ3) is 3.98. The van der Waals surface area contributed by atoms with E-state index in [-0.39, 0.29) is 5.91 Å². The Morgan fingerprint density at radius 3 is 2.82 bits per heavy atom. The van der Waals surface area contributed by atoms with Crippen molar-refractivity contribution >= 4 is 5.91 Å². The van der Waals surface area contributed by atoms with E-state index in [1.807, 2.05) is 0 Å². The average Bonchev–Trinajstić information content (AvgIpc) is 2.85. The molecule has 0 aromatic rings. The molecule has 1 aliphatic heterocycles. The van der Waals surface area contributed by atoms with E-state index in [4.69, 9.17) is 4.74 Å². The fourth-order valence-electron chi connectivity index (χ4n) is 3.02. The third-order valence-electron chi connectivity index (χ3n) is 4.05. The largest absolute Gasteiger partial charge is 0.378 e. The van der Waals surface area contributed by atoms with Crippen LogP contribution in [0.15, 0.2) is 0 Å². The van der Waals surface area contributed by atoms with Crippen LogP contribution in [-0.2, 0) is 9.53 Å². The van der Waals surface area contributed by atoms with Crippen molar-refractivity contribution in [2.45, 2.75) is 70.9 Å². The number of carbonyl (C=O) groups is 1. The van der Waals surface area contributed by atoms with Crippen LogP contribution in [0, 0.1) is 5.41 Å². The first-order chi connectivity index (χ1) is 8.05.